The van der Waals surface area contributed by atoms with E-state index in [1.54, 1.807) is 30.9 Å². The largest absolute Gasteiger partial charge is 0.322 e. The van der Waals surface area contributed by atoms with E-state index in [0.29, 0.717) is 28.5 Å². The molecule has 0 aliphatic rings. The maximum absolute atomic E-state index is 13.1. The number of nitrogens with zero attached hydrogens (tertiary/aromatic N) is 3. The molecule has 0 aliphatic heterocycles. The number of benzene rings is 2. The van der Waals surface area contributed by atoms with Gasteiger partial charge in [-0.25, -0.2) is 4.98 Å². The Labute approximate surface area is 192 Å². The molecular formula is C25H24N4O2S. The van der Waals surface area contributed by atoms with Crippen molar-refractivity contribution in [3.05, 3.63) is 83.6 Å². The summed E-state index contributed by atoms with van der Waals surface area (Å²) >= 11 is 1.22. The van der Waals surface area contributed by atoms with Crippen LogP contribution >= 0.6 is 11.8 Å². The van der Waals surface area contributed by atoms with Gasteiger partial charge >= 0.3 is 0 Å². The normalized spacial score (nSPS) is 11.3. The van der Waals surface area contributed by atoms with Gasteiger partial charge in [0.2, 0.25) is 5.91 Å². The van der Waals surface area contributed by atoms with Crippen LogP contribution in [0.1, 0.15) is 35.5 Å². The molecule has 3 rings (SSSR count). The Bertz CT molecular complexity index is 1140. The fourth-order valence-corrected chi connectivity index (χ4v) is 4.20. The molecule has 0 fully saturated rings. The quantitative estimate of drug-likeness (QED) is 0.516. The summed E-state index contributed by atoms with van der Waals surface area (Å²) in [6.45, 7) is 5.97. The molecule has 1 N–H and O–H groups in total. The summed E-state index contributed by atoms with van der Waals surface area (Å²) in [4.78, 5) is 32.0. The SMILES string of the molecule is CCN(C(=O)C(C)Sc1nc(C)c(C(=O)Nc2ccccc2)cc1C#N)c1ccccc1. The van der Waals surface area contributed by atoms with Crippen molar-refractivity contribution in [2.75, 3.05) is 16.8 Å². The van der Waals surface area contributed by atoms with Gasteiger partial charge in [0.25, 0.3) is 5.91 Å². The molecule has 0 radical (unpaired) electrons. The average molecular weight is 445 g/mol. The number of rotatable bonds is 7. The van der Waals surface area contributed by atoms with Crippen LogP contribution in [0.25, 0.3) is 0 Å². The van der Waals surface area contributed by atoms with Gasteiger partial charge in [-0.05, 0) is 51.1 Å². The monoisotopic (exact) mass is 444 g/mol. The zero-order valence-electron chi connectivity index (χ0n) is 18.2. The summed E-state index contributed by atoms with van der Waals surface area (Å²) in [5.41, 5.74) is 2.57. The van der Waals surface area contributed by atoms with Crippen LogP contribution < -0.4 is 10.2 Å². The summed E-state index contributed by atoms with van der Waals surface area (Å²) in [7, 11) is 0. The highest BCUT2D eigenvalue weighted by molar-refractivity contribution is 8.00. The number of anilines is 2. The molecule has 6 nitrogen and oxygen atoms in total. The Morgan fingerprint density at radius 3 is 2.34 bits per heavy atom. The zero-order valence-corrected chi connectivity index (χ0v) is 19.0. The Balaban J connectivity index is 1.81. The number of hydrogen-bond donors (Lipinski definition) is 1. The highest BCUT2D eigenvalue weighted by Gasteiger charge is 2.24. The molecule has 0 saturated heterocycles. The number of carbonyl (C=O) groups is 2. The summed E-state index contributed by atoms with van der Waals surface area (Å²) < 4.78 is 0. The first kappa shape index (κ1) is 23.0. The highest BCUT2D eigenvalue weighted by Crippen LogP contribution is 2.29. The van der Waals surface area contributed by atoms with Gasteiger partial charge in [-0.1, -0.05) is 48.2 Å². The number of aryl methyl sites for hydroxylation is 1. The fourth-order valence-electron chi connectivity index (χ4n) is 3.21. The van der Waals surface area contributed by atoms with E-state index in [-0.39, 0.29) is 17.4 Å². The van der Waals surface area contributed by atoms with Gasteiger partial charge in [0.05, 0.1) is 22.1 Å². The van der Waals surface area contributed by atoms with Gasteiger partial charge in [0.1, 0.15) is 11.1 Å². The topological polar surface area (TPSA) is 86.1 Å². The second-order valence-corrected chi connectivity index (χ2v) is 8.41. The average Bonchev–Trinajstić information content (AvgIpc) is 2.81. The Hall–Kier alpha value is -3.63. The van der Waals surface area contributed by atoms with Crippen LogP contribution in [-0.2, 0) is 4.79 Å². The van der Waals surface area contributed by atoms with E-state index < -0.39 is 5.25 Å². The number of thioether (sulfide) groups is 1. The standard InChI is InChI=1S/C25H24N4O2S/c1-4-29(21-13-9-6-10-14-21)25(31)18(3)32-24-19(16-26)15-22(17(2)27-24)23(30)28-20-11-7-5-8-12-20/h5-15,18H,4H2,1-3H3,(H,28,30). The molecule has 32 heavy (non-hydrogen) atoms. The van der Waals surface area contributed by atoms with E-state index in [1.165, 1.54) is 17.8 Å². The van der Waals surface area contributed by atoms with E-state index in [4.69, 9.17) is 0 Å². The van der Waals surface area contributed by atoms with E-state index in [9.17, 15) is 14.9 Å². The molecule has 3 aromatic rings. The molecule has 2 amide bonds. The lowest BCUT2D eigenvalue weighted by molar-refractivity contribution is -0.117. The van der Waals surface area contributed by atoms with Gasteiger partial charge in [-0.3, -0.25) is 9.59 Å². The number of nitriles is 1. The van der Waals surface area contributed by atoms with Gasteiger partial charge in [-0.15, -0.1) is 0 Å². The molecule has 1 aromatic heterocycles. The van der Waals surface area contributed by atoms with Gasteiger partial charge in [-0.2, -0.15) is 5.26 Å². The first-order valence-electron chi connectivity index (χ1n) is 10.3. The van der Waals surface area contributed by atoms with E-state index in [1.807, 2.05) is 55.5 Å². The maximum Gasteiger partial charge on any atom is 0.257 e. The van der Waals surface area contributed by atoms with Gasteiger partial charge in [0, 0.05) is 17.9 Å². The highest BCUT2D eigenvalue weighted by atomic mass is 32.2. The molecule has 0 spiro atoms. The number of hydrogen-bond acceptors (Lipinski definition) is 5. The van der Waals surface area contributed by atoms with Crippen molar-refractivity contribution in [2.45, 2.75) is 31.0 Å². The van der Waals surface area contributed by atoms with Crippen molar-refractivity contribution in [3.63, 3.8) is 0 Å². The van der Waals surface area contributed by atoms with Crippen LogP contribution in [-0.4, -0.2) is 28.6 Å². The van der Waals surface area contributed by atoms with E-state index >= 15 is 0 Å². The number of amides is 2. The number of carbonyl (C=O) groups excluding carboxylic acids is 2. The van der Waals surface area contributed by atoms with Crippen LogP contribution in [0.4, 0.5) is 11.4 Å². The first-order chi connectivity index (χ1) is 15.4. The van der Waals surface area contributed by atoms with Crippen LogP contribution in [0, 0.1) is 18.3 Å². The molecule has 0 bridgehead atoms. The lowest BCUT2D eigenvalue weighted by Crippen LogP contribution is -2.36. The molecule has 0 saturated carbocycles. The van der Waals surface area contributed by atoms with Crippen LogP contribution in [0.3, 0.4) is 0 Å². The van der Waals surface area contributed by atoms with Gasteiger partial charge in [0.15, 0.2) is 0 Å². The first-order valence-corrected chi connectivity index (χ1v) is 11.1. The molecule has 7 heteroatoms. The number of pyridine rings is 1. The maximum atomic E-state index is 13.1. The third-order valence-corrected chi connectivity index (χ3v) is 5.95. The van der Waals surface area contributed by atoms with Crippen molar-refractivity contribution in [1.29, 1.82) is 5.26 Å². The molecule has 1 heterocycles. The summed E-state index contributed by atoms with van der Waals surface area (Å²) in [6.07, 6.45) is 0. The third kappa shape index (κ3) is 5.34. The Morgan fingerprint density at radius 2 is 1.75 bits per heavy atom. The predicted octanol–water partition coefficient (Wildman–Crippen LogP) is 5.05. The third-order valence-electron chi connectivity index (χ3n) is 4.86. The minimum Gasteiger partial charge on any atom is -0.322 e. The van der Waals surface area contributed by atoms with Crippen molar-refractivity contribution in [1.82, 2.24) is 4.98 Å². The second kappa shape index (κ2) is 10.6. The fraction of sp³-hybridized carbons (Fsp3) is 0.200. The molecule has 162 valence electrons. The molecular weight excluding hydrogens is 420 g/mol. The van der Waals surface area contributed by atoms with Crippen molar-refractivity contribution in [3.8, 4) is 6.07 Å². The summed E-state index contributed by atoms with van der Waals surface area (Å²) in [5, 5.41) is 12.4. The molecule has 1 unspecified atom stereocenters. The van der Waals surface area contributed by atoms with E-state index in [2.05, 4.69) is 16.4 Å². The molecule has 2 aromatic carbocycles. The molecule has 0 aliphatic carbocycles. The summed E-state index contributed by atoms with van der Waals surface area (Å²) in [6, 6.07) is 22.2. The number of aromatic nitrogens is 1. The summed E-state index contributed by atoms with van der Waals surface area (Å²) in [5.74, 6) is -0.405. The lowest BCUT2D eigenvalue weighted by Gasteiger charge is -2.24. The predicted molar refractivity (Wildman–Crippen MR) is 128 cm³/mol. The zero-order chi connectivity index (χ0) is 23.1. The van der Waals surface area contributed by atoms with Crippen LogP contribution in [0.15, 0.2) is 71.8 Å². The smallest absolute Gasteiger partial charge is 0.257 e. The van der Waals surface area contributed by atoms with Crippen LogP contribution in [0.2, 0.25) is 0 Å². The number of nitrogens with one attached hydrogen (secondary N) is 1. The van der Waals surface area contributed by atoms with Crippen molar-refractivity contribution < 1.29 is 9.59 Å². The van der Waals surface area contributed by atoms with Crippen molar-refractivity contribution in [2.24, 2.45) is 0 Å². The minimum atomic E-state index is -0.460. The second-order valence-electron chi connectivity index (χ2n) is 7.08. The Kier molecular flexibility index (Phi) is 7.63. The van der Waals surface area contributed by atoms with Crippen molar-refractivity contribution >= 4 is 35.0 Å². The minimum absolute atomic E-state index is 0.0714. The Morgan fingerprint density at radius 1 is 1.12 bits per heavy atom. The van der Waals surface area contributed by atoms with E-state index in [0.717, 1.165) is 5.69 Å². The van der Waals surface area contributed by atoms with Gasteiger partial charge < -0.3 is 10.2 Å². The number of para-hydroxylation sites is 2. The molecule has 1 atom stereocenters. The van der Waals surface area contributed by atoms with Crippen LogP contribution in [0.5, 0.6) is 0 Å². The lowest BCUT2D eigenvalue weighted by atomic mass is 10.1.